The predicted octanol–water partition coefficient (Wildman–Crippen LogP) is 2.93. The SMILES string of the molecule is CC(C)C(C(=O)Nc1ccc(I)cc1Cl)N1C(=O)N[C@H](c2ccc(OC[C@H](O)CO)cc2)C1=O. The van der Waals surface area contributed by atoms with Crippen LogP contribution in [-0.2, 0) is 9.59 Å². The lowest BCUT2D eigenvalue weighted by Gasteiger charge is -2.27. The van der Waals surface area contributed by atoms with Crippen LogP contribution < -0.4 is 15.4 Å². The number of aliphatic hydroxyl groups excluding tert-OH is 2. The fourth-order valence-corrected chi connectivity index (χ4v) is 4.40. The summed E-state index contributed by atoms with van der Waals surface area (Å²) in [6.45, 7) is 3.00. The first-order valence-electron chi connectivity index (χ1n) is 10.5. The standard InChI is InChI=1S/C23H25ClIN3O6/c1-12(2)20(21(31)26-18-8-5-14(25)9-17(18)24)28-22(32)19(27-23(28)33)13-3-6-16(7-4-13)34-11-15(30)10-29/h3-9,12,15,19-20,29-30H,10-11H2,1-2H3,(H,26,31)(H,27,33)/t15-,19-,20?/m1/s1. The first-order valence-corrected chi connectivity index (χ1v) is 12.0. The van der Waals surface area contributed by atoms with Gasteiger partial charge in [-0.15, -0.1) is 0 Å². The van der Waals surface area contributed by atoms with E-state index in [-0.39, 0.29) is 12.5 Å². The summed E-state index contributed by atoms with van der Waals surface area (Å²) >= 11 is 8.33. The largest absolute Gasteiger partial charge is 0.491 e. The molecule has 4 amide bonds. The second kappa shape index (κ2) is 11.3. The van der Waals surface area contributed by atoms with E-state index < -0.39 is 42.6 Å². The number of hydrogen-bond acceptors (Lipinski definition) is 6. The first kappa shape index (κ1) is 26.2. The highest BCUT2D eigenvalue weighted by atomic mass is 127. The third-order valence-electron chi connectivity index (χ3n) is 5.20. The van der Waals surface area contributed by atoms with E-state index in [1.807, 2.05) is 0 Å². The van der Waals surface area contributed by atoms with Gasteiger partial charge in [-0.3, -0.25) is 9.59 Å². The van der Waals surface area contributed by atoms with Crippen molar-refractivity contribution in [2.75, 3.05) is 18.5 Å². The minimum atomic E-state index is -1.05. The van der Waals surface area contributed by atoms with Crippen molar-refractivity contribution in [3.8, 4) is 5.75 Å². The summed E-state index contributed by atoms with van der Waals surface area (Å²) in [7, 11) is 0. The average Bonchev–Trinajstić information content (AvgIpc) is 3.08. The van der Waals surface area contributed by atoms with Crippen molar-refractivity contribution in [2.24, 2.45) is 5.92 Å². The van der Waals surface area contributed by atoms with Crippen molar-refractivity contribution in [1.29, 1.82) is 0 Å². The molecule has 1 heterocycles. The molecule has 3 rings (SSSR count). The van der Waals surface area contributed by atoms with Crippen LogP contribution in [0.1, 0.15) is 25.5 Å². The molecule has 4 N–H and O–H groups in total. The molecule has 0 aliphatic carbocycles. The average molecular weight is 602 g/mol. The fourth-order valence-electron chi connectivity index (χ4n) is 3.50. The van der Waals surface area contributed by atoms with E-state index in [4.69, 9.17) is 21.4 Å². The summed E-state index contributed by atoms with van der Waals surface area (Å²) < 4.78 is 6.27. The predicted molar refractivity (Wildman–Crippen MR) is 135 cm³/mol. The number of nitrogens with one attached hydrogen (secondary N) is 2. The number of carbonyl (C=O) groups is 3. The minimum absolute atomic E-state index is 0.0848. The van der Waals surface area contributed by atoms with Gasteiger partial charge in [0.05, 0.1) is 17.3 Å². The Balaban J connectivity index is 1.76. The van der Waals surface area contributed by atoms with Gasteiger partial charge < -0.3 is 25.6 Å². The van der Waals surface area contributed by atoms with Crippen molar-refractivity contribution < 1.29 is 29.3 Å². The third-order valence-corrected chi connectivity index (χ3v) is 6.19. The van der Waals surface area contributed by atoms with Gasteiger partial charge in [0, 0.05) is 3.57 Å². The van der Waals surface area contributed by atoms with Crippen LogP contribution >= 0.6 is 34.2 Å². The number of amides is 4. The minimum Gasteiger partial charge on any atom is -0.491 e. The second-order valence-corrected chi connectivity index (χ2v) is 9.76. The van der Waals surface area contributed by atoms with Crippen LogP contribution in [0.3, 0.4) is 0 Å². The van der Waals surface area contributed by atoms with Crippen LogP contribution in [0.25, 0.3) is 0 Å². The van der Waals surface area contributed by atoms with E-state index in [1.165, 1.54) is 0 Å². The molecule has 3 atom stereocenters. The molecule has 1 saturated heterocycles. The fraction of sp³-hybridized carbons (Fsp3) is 0.348. The number of rotatable bonds is 9. The molecule has 0 aromatic heterocycles. The van der Waals surface area contributed by atoms with Gasteiger partial charge in [-0.2, -0.15) is 0 Å². The molecule has 1 aliphatic heterocycles. The van der Waals surface area contributed by atoms with Crippen molar-refractivity contribution in [1.82, 2.24) is 10.2 Å². The number of hydrogen-bond donors (Lipinski definition) is 4. The molecule has 0 radical (unpaired) electrons. The molecule has 0 saturated carbocycles. The number of ether oxygens (including phenoxy) is 1. The van der Waals surface area contributed by atoms with Crippen LogP contribution in [0.5, 0.6) is 5.75 Å². The van der Waals surface area contributed by atoms with E-state index >= 15 is 0 Å². The molecule has 2 aromatic rings. The molecule has 9 nitrogen and oxygen atoms in total. The Morgan fingerprint density at radius 1 is 1.24 bits per heavy atom. The van der Waals surface area contributed by atoms with Gasteiger partial charge in [-0.1, -0.05) is 37.6 Å². The highest BCUT2D eigenvalue weighted by molar-refractivity contribution is 14.1. The molecule has 11 heteroatoms. The summed E-state index contributed by atoms with van der Waals surface area (Å²) in [6.07, 6.45) is -1.00. The number of nitrogens with zero attached hydrogens (tertiary/aromatic N) is 1. The van der Waals surface area contributed by atoms with Gasteiger partial charge in [0.15, 0.2) is 0 Å². The van der Waals surface area contributed by atoms with E-state index in [9.17, 15) is 19.5 Å². The Bertz CT molecular complexity index is 1070. The van der Waals surface area contributed by atoms with Crippen LogP contribution in [0.2, 0.25) is 5.02 Å². The van der Waals surface area contributed by atoms with Gasteiger partial charge in [-0.25, -0.2) is 9.69 Å². The number of carbonyl (C=O) groups excluding carboxylic acids is 3. The van der Waals surface area contributed by atoms with Crippen LogP contribution in [-0.4, -0.2) is 58.3 Å². The van der Waals surface area contributed by atoms with Gasteiger partial charge in [0.1, 0.15) is 30.5 Å². The summed E-state index contributed by atoms with van der Waals surface area (Å²) in [4.78, 5) is 40.0. The third kappa shape index (κ3) is 5.98. The summed E-state index contributed by atoms with van der Waals surface area (Å²) in [5.41, 5.74) is 0.905. The Hall–Kier alpha value is -2.41. The molecule has 0 spiro atoms. The van der Waals surface area contributed by atoms with Crippen molar-refractivity contribution in [2.45, 2.75) is 32.0 Å². The van der Waals surface area contributed by atoms with Crippen molar-refractivity contribution in [3.05, 3.63) is 56.6 Å². The first-order chi connectivity index (χ1) is 16.1. The van der Waals surface area contributed by atoms with Crippen LogP contribution in [0.4, 0.5) is 10.5 Å². The zero-order valence-electron chi connectivity index (χ0n) is 18.5. The van der Waals surface area contributed by atoms with Gasteiger partial charge in [0.2, 0.25) is 5.91 Å². The van der Waals surface area contributed by atoms with Crippen molar-refractivity contribution in [3.63, 3.8) is 0 Å². The lowest BCUT2D eigenvalue weighted by atomic mass is 10.0. The Labute approximate surface area is 215 Å². The number of halogens is 2. The van der Waals surface area contributed by atoms with E-state index in [0.29, 0.717) is 22.0 Å². The maximum absolute atomic E-state index is 13.2. The topological polar surface area (TPSA) is 128 Å². The number of anilines is 1. The van der Waals surface area contributed by atoms with Gasteiger partial charge in [-0.05, 0) is 64.4 Å². The number of aliphatic hydroxyl groups is 2. The lowest BCUT2D eigenvalue weighted by Crippen LogP contribution is -2.50. The van der Waals surface area contributed by atoms with Crippen molar-refractivity contribution >= 4 is 57.7 Å². The molecule has 1 aliphatic rings. The summed E-state index contributed by atoms with van der Waals surface area (Å²) in [5, 5.41) is 24.0. The van der Waals surface area contributed by atoms with Crippen LogP contribution in [0.15, 0.2) is 42.5 Å². The maximum Gasteiger partial charge on any atom is 0.325 e. The highest BCUT2D eigenvalue weighted by Crippen LogP contribution is 2.29. The number of imide groups is 1. The quantitative estimate of drug-likeness (QED) is 0.259. The molecule has 2 aromatic carbocycles. The number of urea groups is 1. The maximum atomic E-state index is 13.2. The van der Waals surface area contributed by atoms with E-state index in [2.05, 4.69) is 33.2 Å². The molecular formula is C23H25ClIN3O6. The summed E-state index contributed by atoms with van der Waals surface area (Å²) in [6, 6.07) is 8.89. The molecule has 0 bridgehead atoms. The Morgan fingerprint density at radius 3 is 2.50 bits per heavy atom. The summed E-state index contributed by atoms with van der Waals surface area (Å²) in [5.74, 6) is -0.992. The number of benzene rings is 2. The molecule has 1 fully saturated rings. The van der Waals surface area contributed by atoms with E-state index in [1.54, 1.807) is 56.3 Å². The lowest BCUT2D eigenvalue weighted by molar-refractivity contribution is -0.135. The molecule has 182 valence electrons. The zero-order chi connectivity index (χ0) is 25.0. The second-order valence-electron chi connectivity index (χ2n) is 8.11. The molecule has 34 heavy (non-hydrogen) atoms. The smallest absolute Gasteiger partial charge is 0.325 e. The van der Waals surface area contributed by atoms with Crippen LogP contribution in [0, 0.1) is 9.49 Å². The molecular weight excluding hydrogens is 577 g/mol. The normalized spacial score (nSPS) is 17.5. The zero-order valence-corrected chi connectivity index (χ0v) is 21.4. The Morgan fingerprint density at radius 2 is 1.91 bits per heavy atom. The van der Waals surface area contributed by atoms with Gasteiger partial charge in [0.25, 0.3) is 5.91 Å². The molecule has 1 unspecified atom stereocenters. The van der Waals surface area contributed by atoms with Gasteiger partial charge >= 0.3 is 6.03 Å². The van der Waals surface area contributed by atoms with E-state index in [0.717, 1.165) is 8.47 Å². The highest BCUT2D eigenvalue weighted by Gasteiger charge is 2.46. The monoisotopic (exact) mass is 601 g/mol. The Kier molecular flexibility index (Phi) is 8.74.